The summed E-state index contributed by atoms with van der Waals surface area (Å²) in [4.78, 5) is 11.0. The minimum atomic E-state index is -1.17. The van der Waals surface area contributed by atoms with Gasteiger partial charge in [-0.05, 0) is 0 Å². The van der Waals surface area contributed by atoms with Crippen molar-refractivity contribution < 1.29 is 19.4 Å². The van der Waals surface area contributed by atoms with Gasteiger partial charge in [-0.25, -0.2) is 4.79 Å². The van der Waals surface area contributed by atoms with E-state index in [0.717, 1.165) is 0 Å². The number of aromatic carboxylic acids is 1. The second-order valence-electron chi connectivity index (χ2n) is 3.45. The first-order valence-electron chi connectivity index (χ1n) is 5.15. The summed E-state index contributed by atoms with van der Waals surface area (Å²) in [5.74, 6) is -1.17. The molecule has 0 aliphatic heterocycles. The molecule has 9 nitrogen and oxygen atoms in total. The maximum absolute atomic E-state index is 11.0. The molecule has 2 heterocycles. The first kappa shape index (κ1) is 13.5. The number of hydrogen-bond acceptors (Lipinski definition) is 8. The monoisotopic (exact) mass is 285 g/mol. The lowest BCUT2D eigenvalue weighted by molar-refractivity contribution is 0.0685. The van der Waals surface area contributed by atoms with E-state index in [-0.39, 0.29) is 12.3 Å². The molecule has 0 aliphatic rings. The average Bonchev–Trinajstić information content (AvgIpc) is 2.96. The smallest absolute Gasteiger partial charge is 0.358 e. The number of ether oxygens (including phenoxy) is 2. The molecule has 0 bridgehead atoms. The third kappa shape index (κ3) is 2.75. The number of nitrogens with zero attached hydrogens (tertiary/aromatic N) is 5. The fourth-order valence-corrected chi connectivity index (χ4v) is 2.18. The molecule has 0 saturated carbocycles. The summed E-state index contributed by atoms with van der Waals surface area (Å²) in [5.41, 5.74) is 0.153. The zero-order valence-electron chi connectivity index (χ0n) is 10.2. The first-order valence-corrected chi connectivity index (χ1v) is 5.97. The molecule has 0 amide bonds. The Kier molecular flexibility index (Phi) is 4.14. The lowest BCUT2D eigenvalue weighted by Gasteiger charge is -2.01. The fourth-order valence-electron chi connectivity index (χ4n) is 1.40. The number of methoxy groups -OCH3 is 2. The minimum absolute atomic E-state index is 0.0633. The highest BCUT2D eigenvalue weighted by Crippen LogP contribution is 2.18. The summed E-state index contributed by atoms with van der Waals surface area (Å²) in [6.45, 7) is 0.394. The highest BCUT2D eigenvalue weighted by Gasteiger charge is 2.21. The van der Waals surface area contributed by atoms with Crippen LogP contribution in [0.15, 0.2) is 0 Å². The highest BCUT2D eigenvalue weighted by molar-refractivity contribution is 7.13. The summed E-state index contributed by atoms with van der Waals surface area (Å²) in [5, 5.41) is 25.3. The Bertz CT molecular complexity index is 581. The van der Waals surface area contributed by atoms with Crippen LogP contribution < -0.4 is 0 Å². The van der Waals surface area contributed by atoms with Crippen LogP contribution in [0.25, 0.3) is 5.13 Å². The molecule has 2 aromatic heterocycles. The van der Waals surface area contributed by atoms with Gasteiger partial charge in [-0.1, -0.05) is 16.6 Å². The van der Waals surface area contributed by atoms with Gasteiger partial charge in [-0.2, -0.15) is 4.68 Å². The number of carbonyl (C=O) groups is 1. The first-order chi connectivity index (χ1) is 9.17. The van der Waals surface area contributed by atoms with Crippen LogP contribution in [0.4, 0.5) is 0 Å². The van der Waals surface area contributed by atoms with Gasteiger partial charge in [0.15, 0.2) is 5.69 Å². The Morgan fingerprint density at radius 3 is 2.63 bits per heavy atom. The largest absolute Gasteiger partial charge is 0.476 e. The Morgan fingerprint density at radius 2 is 2.00 bits per heavy atom. The van der Waals surface area contributed by atoms with E-state index in [4.69, 9.17) is 14.6 Å². The molecule has 102 valence electrons. The Balaban J connectivity index is 2.39. The van der Waals surface area contributed by atoms with Crippen LogP contribution >= 0.6 is 11.3 Å². The molecule has 0 saturated heterocycles. The fraction of sp³-hybridized carbons (Fsp3) is 0.444. The molecule has 2 rings (SSSR count). The quantitative estimate of drug-likeness (QED) is 0.795. The second kappa shape index (κ2) is 5.82. The number of rotatable bonds is 6. The summed E-state index contributed by atoms with van der Waals surface area (Å²) in [6, 6.07) is 0. The molecule has 0 radical (unpaired) electrons. The van der Waals surface area contributed by atoms with E-state index in [1.165, 1.54) is 23.1 Å². The lowest BCUT2D eigenvalue weighted by atomic mass is 10.3. The molecular weight excluding hydrogens is 274 g/mol. The SMILES string of the molecule is COCc1nnc(-n2nnc(C(=O)O)c2COC)s1. The molecule has 19 heavy (non-hydrogen) atoms. The molecule has 0 atom stereocenters. The predicted molar refractivity (Wildman–Crippen MR) is 63.2 cm³/mol. The second-order valence-corrected chi connectivity index (χ2v) is 4.49. The maximum Gasteiger partial charge on any atom is 0.358 e. The Hall–Kier alpha value is -1.91. The molecule has 0 aromatic carbocycles. The van der Waals surface area contributed by atoms with Crippen molar-refractivity contribution in [3.63, 3.8) is 0 Å². The van der Waals surface area contributed by atoms with Crippen LogP contribution in [0.3, 0.4) is 0 Å². The number of hydrogen-bond donors (Lipinski definition) is 1. The summed E-state index contributed by atoms with van der Waals surface area (Å²) in [6.07, 6.45) is 0. The molecule has 10 heteroatoms. The predicted octanol–water partition coefficient (Wildman–Crippen LogP) is 0.110. The van der Waals surface area contributed by atoms with Gasteiger partial charge in [0.1, 0.15) is 17.3 Å². The van der Waals surface area contributed by atoms with Gasteiger partial charge in [-0.3, -0.25) is 0 Å². The van der Waals surface area contributed by atoms with Crippen LogP contribution in [-0.2, 0) is 22.7 Å². The van der Waals surface area contributed by atoms with Gasteiger partial charge in [0.05, 0.1) is 6.61 Å². The molecule has 0 fully saturated rings. The normalized spacial score (nSPS) is 10.8. The average molecular weight is 285 g/mol. The van der Waals surface area contributed by atoms with Crippen LogP contribution in [-0.4, -0.2) is 50.5 Å². The van der Waals surface area contributed by atoms with Gasteiger partial charge in [-0.15, -0.1) is 15.3 Å². The number of aromatic nitrogens is 5. The van der Waals surface area contributed by atoms with E-state index >= 15 is 0 Å². The van der Waals surface area contributed by atoms with Crippen molar-refractivity contribution in [3.8, 4) is 5.13 Å². The van der Waals surface area contributed by atoms with Gasteiger partial charge < -0.3 is 14.6 Å². The third-order valence-corrected chi connectivity index (χ3v) is 3.02. The highest BCUT2D eigenvalue weighted by atomic mass is 32.1. The summed E-state index contributed by atoms with van der Waals surface area (Å²) >= 11 is 1.24. The third-order valence-electron chi connectivity index (χ3n) is 2.15. The zero-order chi connectivity index (χ0) is 13.8. The van der Waals surface area contributed by atoms with E-state index in [9.17, 15) is 4.79 Å². The Labute approximate surface area is 111 Å². The van der Waals surface area contributed by atoms with Crippen molar-refractivity contribution in [3.05, 3.63) is 16.4 Å². The number of carboxylic acid groups (broad SMARTS) is 1. The van der Waals surface area contributed by atoms with Gasteiger partial charge in [0.2, 0.25) is 5.13 Å². The van der Waals surface area contributed by atoms with Gasteiger partial charge >= 0.3 is 5.97 Å². The topological polar surface area (TPSA) is 112 Å². The van der Waals surface area contributed by atoms with Crippen LogP contribution in [0.5, 0.6) is 0 Å². The lowest BCUT2D eigenvalue weighted by Crippen LogP contribution is -2.07. The molecule has 2 aromatic rings. The van der Waals surface area contributed by atoms with Gasteiger partial charge in [0, 0.05) is 14.2 Å². The van der Waals surface area contributed by atoms with Crippen LogP contribution in [0.2, 0.25) is 0 Å². The van der Waals surface area contributed by atoms with Crippen molar-refractivity contribution in [2.75, 3.05) is 14.2 Å². The van der Waals surface area contributed by atoms with E-state index in [1.807, 2.05) is 0 Å². The van der Waals surface area contributed by atoms with Crippen molar-refractivity contribution >= 4 is 17.3 Å². The Morgan fingerprint density at radius 1 is 1.26 bits per heavy atom. The minimum Gasteiger partial charge on any atom is -0.476 e. The summed E-state index contributed by atoms with van der Waals surface area (Å²) < 4.78 is 11.2. The van der Waals surface area contributed by atoms with Crippen molar-refractivity contribution in [1.82, 2.24) is 25.2 Å². The van der Waals surface area contributed by atoms with E-state index in [1.54, 1.807) is 7.11 Å². The zero-order valence-corrected chi connectivity index (χ0v) is 11.0. The maximum atomic E-state index is 11.0. The molecule has 0 spiro atoms. The molecule has 0 unspecified atom stereocenters. The van der Waals surface area contributed by atoms with E-state index in [2.05, 4.69) is 20.5 Å². The standard InChI is InChI=1S/C9H11N5O4S/c1-17-3-5-7(8(15)16)11-13-14(5)9-12-10-6(19-9)4-18-2/h3-4H2,1-2H3,(H,15,16). The number of carboxylic acids is 1. The molecular formula is C9H11N5O4S. The van der Waals surface area contributed by atoms with Crippen molar-refractivity contribution in [1.29, 1.82) is 0 Å². The van der Waals surface area contributed by atoms with Crippen molar-refractivity contribution in [2.24, 2.45) is 0 Å². The van der Waals surface area contributed by atoms with Crippen LogP contribution in [0.1, 0.15) is 21.2 Å². The van der Waals surface area contributed by atoms with Crippen LogP contribution in [0, 0.1) is 0 Å². The molecule has 0 aliphatic carbocycles. The molecule has 1 N–H and O–H groups in total. The van der Waals surface area contributed by atoms with E-state index < -0.39 is 5.97 Å². The van der Waals surface area contributed by atoms with Crippen molar-refractivity contribution in [2.45, 2.75) is 13.2 Å². The summed E-state index contributed by atoms with van der Waals surface area (Å²) in [7, 11) is 3.01. The van der Waals surface area contributed by atoms with E-state index in [0.29, 0.717) is 22.4 Å². The van der Waals surface area contributed by atoms with Gasteiger partial charge in [0.25, 0.3) is 0 Å².